The van der Waals surface area contributed by atoms with Crippen LogP contribution in [0.5, 0.6) is 0 Å². The van der Waals surface area contributed by atoms with E-state index in [9.17, 15) is 9.90 Å². The zero-order chi connectivity index (χ0) is 16.0. The lowest BCUT2D eigenvalue weighted by atomic mass is 10.1. The molecule has 4 nitrogen and oxygen atoms in total. The van der Waals surface area contributed by atoms with Crippen molar-refractivity contribution in [2.75, 3.05) is 11.9 Å². The number of benzene rings is 2. The van der Waals surface area contributed by atoms with Gasteiger partial charge in [0.05, 0.1) is 12.1 Å². The highest BCUT2D eigenvalue weighted by atomic mass is 16.3. The van der Waals surface area contributed by atoms with E-state index in [0.29, 0.717) is 6.54 Å². The average Bonchev–Trinajstić information content (AvgIpc) is 2.47. The molecule has 0 fully saturated rings. The van der Waals surface area contributed by atoms with Crippen molar-refractivity contribution in [3.63, 3.8) is 0 Å². The molecular formula is C18H22N2O2. The van der Waals surface area contributed by atoms with Crippen molar-refractivity contribution >= 4 is 11.7 Å². The Labute approximate surface area is 131 Å². The van der Waals surface area contributed by atoms with Crippen LogP contribution in [0.25, 0.3) is 0 Å². The third kappa shape index (κ3) is 5.22. The number of rotatable bonds is 5. The average molecular weight is 298 g/mol. The van der Waals surface area contributed by atoms with Crippen molar-refractivity contribution in [1.29, 1.82) is 0 Å². The second kappa shape index (κ2) is 7.09. The number of hydrogen-bond donors (Lipinski definition) is 2. The second-order valence-corrected chi connectivity index (χ2v) is 5.95. The third-order valence-electron chi connectivity index (χ3n) is 3.11. The van der Waals surface area contributed by atoms with Crippen LogP contribution in [-0.2, 0) is 6.54 Å². The smallest absolute Gasteiger partial charge is 0.322 e. The molecule has 2 aromatic rings. The Kier molecular flexibility index (Phi) is 5.17. The summed E-state index contributed by atoms with van der Waals surface area (Å²) >= 11 is 0. The van der Waals surface area contributed by atoms with Crippen LogP contribution in [0.3, 0.4) is 0 Å². The molecule has 4 heteroatoms. The van der Waals surface area contributed by atoms with Gasteiger partial charge in [-0.05, 0) is 31.5 Å². The summed E-state index contributed by atoms with van der Waals surface area (Å²) in [4.78, 5) is 14.1. The van der Waals surface area contributed by atoms with Crippen molar-refractivity contribution in [3.8, 4) is 0 Å². The Morgan fingerprint density at radius 1 is 1.05 bits per heavy atom. The van der Waals surface area contributed by atoms with E-state index >= 15 is 0 Å². The molecule has 2 N–H and O–H groups in total. The number of para-hydroxylation sites is 1. The van der Waals surface area contributed by atoms with E-state index in [1.165, 1.54) is 0 Å². The lowest BCUT2D eigenvalue weighted by molar-refractivity contribution is 0.0469. The van der Waals surface area contributed by atoms with Gasteiger partial charge in [0.1, 0.15) is 0 Å². The number of amides is 2. The van der Waals surface area contributed by atoms with Crippen LogP contribution < -0.4 is 5.32 Å². The van der Waals surface area contributed by atoms with Crippen molar-refractivity contribution < 1.29 is 9.90 Å². The summed E-state index contributed by atoms with van der Waals surface area (Å²) in [6, 6.07) is 18.8. The first-order valence-corrected chi connectivity index (χ1v) is 7.31. The first-order chi connectivity index (χ1) is 10.4. The highest BCUT2D eigenvalue weighted by Crippen LogP contribution is 2.13. The maximum absolute atomic E-state index is 12.5. The molecule has 116 valence electrons. The predicted molar refractivity (Wildman–Crippen MR) is 88.6 cm³/mol. The van der Waals surface area contributed by atoms with Crippen LogP contribution in [0.2, 0.25) is 0 Å². The van der Waals surface area contributed by atoms with E-state index in [4.69, 9.17) is 0 Å². The van der Waals surface area contributed by atoms with Crippen molar-refractivity contribution in [3.05, 3.63) is 66.2 Å². The van der Waals surface area contributed by atoms with Gasteiger partial charge in [-0.1, -0.05) is 48.5 Å². The van der Waals surface area contributed by atoms with Gasteiger partial charge in [-0.25, -0.2) is 4.79 Å². The molecule has 2 rings (SSSR count). The van der Waals surface area contributed by atoms with Gasteiger partial charge >= 0.3 is 6.03 Å². The van der Waals surface area contributed by atoms with Gasteiger partial charge in [0.2, 0.25) is 0 Å². The summed E-state index contributed by atoms with van der Waals surface area (Å²) in [5.41, 5.74) is 0.805. The highest BCUT2D eigenvalue weighted by molar-refractivity contribution is 5.89. The second-order valence-electron chi connectivity index (χ2n) is 5.95. The van der Waals surface area contributed by atoms with E-state index in [0.717, 1.165) is 11.3 Å². The normalized spacial score (nSPS) is 11.0. The quantitative estimate of drug-likeness (QED) is 0.887. The van der Waals surface area contributed by atoms with Gasteiger partial charge < -0.3 is 15.3 Å². The molecule has 0 radical (unpaired) electrons. The van der Waals surface area contributed by atoms with Gasteiger partial charge in [0.15, 0.2) is 0 Å². The van der Waals surface area contributed by atoms with Crippen molar-refractivity contribution in [1.82, 2.24) is 4.90 Å². The van der Waals surface area contributed by atoms with Gasteiger partial charge in [-0.2, -0.15) is 0 Å². The number of hydrogen-bond acceptors (Lipinski definition) is 2. The Balaban J connectivity index is 2.11. The van der Waals surface area contributed by atoms with Gasteiger partial charge in [-0.15, -0.1) is 0 Å². The highest BCUT2D eigenvalue weighted by Gasteiger charge is 2.22. The molecule has 0 saturated heterocycles. The lowest BCUT2D eigenvalue weighted by Crippen LogP contribution is -2.43. The van der Waals surface area contributed by atoms with Crippen LogP contribution in [-0.4, -0.2) is 28.2 Å². The standard InChI is InChI=1S/C18H22N2O2/c1-18(2,22)14-20(13-15-9-5-3-6-10-15)17(21)19-16-11-7-4-8-12-16/h3-12,22H,13-14H2,1-2H3,(H,19,21). The summed E-state index contributed by atoms with van der Waals surface area (Å²) in [5, 5.41) is 12.9. The summed E-state index contributed by atoms with van der Waals surface area (Å²) in [5.74, 6) is 0. The van der Waals surface area contributed by atoms with E-state index in [1.54, 1.807) is 18.7 Å². The maximum atomic E-state index is 12.5. The number of urea groups is 1. The predicted octanol–water partition coefficient (Wildman–Crippen LogP) is 3.49. The summed E-state index contributed by atoms with van der Waals surface area (Å²) < 4.78 is 0. The lowest BCUT2D eigenvalue weighted by Gasteiger charge is -2.29. The fourth-order valence-electron chi connectivity index (χ4n) is 2.19. The molecule has 0 heterocycles. The Bertz CT molecular complexity index is 591. The van der Waals surface area contributed by atoms with Crippen LogP contribution in [0.1, 0.15) is 19.4 Å². The molecular weight excluding hydrogens is 276 g/mol. The molecule has 0 aliphatic rings. The number of aliphatic hydroxyl groups is 1. The molecule has 0 spiro atoms. The van der Waals surface area contributed by atoms with E-state index in [2.05, 4.69) is 5.32 Å². The first kappa shape index (κ1) is 16.0. The molecule has 2 aromatic carbocycles. The molecule has 0 unspecified atom stereocenters. The first-order valence-electron chi connectivity index (χ1n) is 7.31. The summed E-state index contributed by atoms with van der Waals surface area (Å²) in [6.07, 6.45) is 0. The number of nitrogens with one attached hydrogen (secondary N) is 1. The fraction of sp³-hybridized carbons (Fsp3) is 0.278. The Morgan fingerprint density at radius 3 is 2.14 bits per heavy atom. The van der Waals surface area contributed by atoms with Gasteiger partial charge in [0.25, 0.3) is 0 Å². The number of carbonyl (C=O) groups is 1. The minimum atomic E-state index is -0.956. The maximum Gasteiger partial charge on any atom is 0.322 e. The van der Waals surface area contributed by atoms with Crippen LogP contribution >= 0.6 is 0 Å². The topological polar surface area (TPSA) is 52.6 Å². The monoisotopic (exact) mass is 298 g/mol. The van der Waals surface area contributed by atoms with Gasteiger partial charge in [-0.3, -0.25) is 0 Å². The van der Waals surface area contributed by atoms with Gasteiger partial charge in [0, 0.05) is 12.2 Å². The summed E-state index contributed by atoms with van der Waals surface area (Å²) in [7, 11) is 0. The summed E-state index contributed by atoms with van der Waals surface area (Å²) in [6.45, 7) is 4.09. The van der Waals surface area contributed by atoms with E-state index in [1.807, 2.05) is 60.7 Å². The van der Waals surface area contributed by atoms with Crippen LogP contribution in [0.15, 0.2) is 60.7 Å². The Hall–Kier alpha value is -2.33. The van der Waals surface area contributed by atoms with Crippen molar-refractivity contribution in [2.24, 2.45) is 0 Å². The van der Waals surface area contributed by atoms with E-state index < -0.39 is 5.60 Å². The molecule has 0 bridgehead atoms. The van der Waals surface area contributed by atoms with Crippen molar-refractivity contribution in [2.45, 2.75) is 26.0 Å². The molecule has 22 heavy (non-hydrogen) atoms. The molecule has 0 atom stereocenters. The minimum Gasteiger partial charge on any atom is -0.389 e. The number of carbonyl (C=O) groups excluding carboxylic acids is 1. The molecule has 0 aromatic heterocycles. The van der Waals surface area contributed by atoms with Crippen LogP contribution in [0, 0.1) is 0 Å². The molecule has 2 amide bonds. The molecule has 0 aliphatic carbocycles. The SMILES string of the molecule is CC(C)(O)CN(Cc1ccccc1)C(=O)Nc1ccccc1. The number of anilines is 1. The Morgan fingerprint density at radius 2 is 1.59 bits per heavy atom. The fourth-order valence-corrected chi connectivity index (χ4v) is 2.19. The molecule has 0 aliphatic heterocycles. The van der Waals surface area contributed by atoms with E-state index in [-0.39, 0.29) is 12.6 Å². The van der Waals surface area contributed by atoms with Crippen LogP contribution in [0.4, 0.5) is 10.5 Å². The zero-order valence-corrected chi connectivity index (χ0v) is 13.0. The molecule has 0 saturated carbocycles. The largest absolute Gasteiger partial charge is 0.389 e. The minimum absolute atomic E-state index is 0.225. The number of nitrogens with zero attached hydrogens (tertiary/aromatic N) is 1. The zero-order valence-electron chi connectivity index (χ0n) is 13.0. The third-order valence-corrected chi connectivity index (χ3v) is 3.11.